The van der Waals surface area contributed by atoms with Crippen molar-refractivity contribution < 1.29 is 0 Å². The van der Waals surface area contributed by atoms with Gasteiger partial charge in [0.1, 0.15) is 0 Å². The lowest BCUT2D eigenvalue weighted by Gasteiger charge is -2.16. The Morgan fingerprint density at radius 3 is 2.75 bits per heavy atom. The van der Waals surface area contributed by atoms with E-state index < -0.39 is 0 Å². The van der Waals surface area contributed by atoms with Crippen molar-refractivity contribution in [2.75, 3.05) is 0 Å². The number of hydrogen-bond acceptors (Lipinski definition) is 2. The van der Waals surface area contributed by atoms with Gasteiger partial charge in [-0.3, -0.25) is 0 Å². The summed E-state index contributed by atoms with van der Waals surface area (Å²) in [6.07, 6.45) is 5.42. The normalized spacial score (nSPS) is 21.4. The molecular formula is C10H15NS. The van der Waals surface area contributed by atoms with Crippen LogP contribution < -0.4 is 5.73 Å². The Hall–Kier alpha value is -0.340. The van der Waals surface area contributed by atoms with Crippen LogP contribution in [0.3, 0.4) is 0 Å². The van der Waals surface area contributed by atoms with Crippen LogP contribution in [0.4, 0.5) is 0 Å². The highest BCUT2D eigenvalue weighted by Crippen LogP contribution is 2.35. The molecule has 0 amide bonds. The fourth-order valence-corrected chi connectivity index (χ4v) is 2.85. The summed E-state index contributed by atoms with van der Waals surface area (Å²) in [4.78, 5) is 1.36. The molecule has 1 heterocycles. The van der Waals surface area contributed by atoms with Crippen LogP contribution in [-0.2, 0) is 0 Å². The molecule has 2 heteroatoms. The first-order chi connectivity index (χ1) is 5.88. The average Bonchev–Trinajstić information content (AvgIpc) is 2.77. The molecule has 0 radical (unpaired) electrons. The Bertz CT molecular complexity index is 224. The predicted molar refractivity (Wildman–Crippen MR) is 53.2 cm³/mol. The third kappa shape index (κ3) is 1.54. The van der Waals surface area contributed by atoms with E-state index in [4.69, 9.17) is 5.73 Å². The van der Waals surface area contributed by atoms with Crippen LogP contribution in [-0.4, -0.2) is 0 Å². The second-order valence-corrected chi connectivity index (χ2v) is 4.57. The maximum atomic E-state index is 6.16. The van der Waals surface area contributed by atoms with Crippen LogP contribution in [0.25, 0.3) is 0 Å². The van der Waals surface area contributed by atoms with Gasteiger partial charge in [-0.15, -0.1) is 11.3 Å². The molecule has 0 aliphatic heterocycles. The first-order valence-electron chi connectivity index (χ1n) is 4.67. The molecule has 0 aromatic carbocycles. The zero-order valence-electron chi connectivity index (χ0n) is 7.20. The molecule has 1 aromatic rings. The lowest BCUT2D eigenvalue weighted by atomic mass is 9.98. The van der Waals surface area contributed by atoms with E-state index in [1.165, 1.54) is 30.6 Å². The molecule has 1 saturated carbocycles. The third-order valence-electron chi connectivity index (χ3n) is 2.78. The van der Waals surface area contributed by atoms with E-state index in [-0.39, 0.29) is 0 Å². The van der Waals surface area contributed by atoms with Crippen LogP contribution in [0.15, 0.2) is 17.5 Å². The smallest absolute Gasteiger partial charge is 0.0418 e. The lowest BCUT2D eigenvalue weighted by Crippen LogP contribution is -2.17. The Kier molecular flexibility index (Phi) is 2.47. The highest BCUT2D eigenvalue weighted by atomic mass is 32.1. The molecule has 0 spiro atoms. The van der Waals surface area contributed by atoms with Gasteiger partial charge in [0, 0.05) is 10.9 Å². The second kappa shape index (κ2) is 3.58. The van der Waals surface area contributed by atoms with Crippen molar-refractivity contribution in [1.29, 1.82) is 0 Å². The lowest BCUT2D eigenvalue weighted by molar-refractivity contribution is 0.450. The van der Waals surface area contributed by atoms with Crippen molar-refractivity contribution in [3.05, 3.63) is 22.4 Å². The summed E-state index contributed by atoms with van der Waals surface area (Å²) in [7, 11) is 0. The summed E-state index contributed by atoms with van der Waals surface area (Å²) in [5.74, 6) is 0.753. The standard InChI is InChI=1S/C10H15NS/c11-10(8-4-1-2-5-8)9-6-3-7-12-9/h3,6-8,10H,1-2,4-5,11H2. The molecule has 2 rings (SSSR count). The van der Waals surface area contributed by atoms with Gasteiger partial charge in [-0.25, -0.2) is 0 Å². The Morgan fingerprint density at radius 2 is 2.17 bits per heavy atom. The summed E-state index contributed by atoms with van der Waals surface area (Å²) < 4.78 is 0. The summed E-state index contributed by atoms with van der Waals surface area (Å²) in [6, 6.07) is 4.56. The summed E-state index contributed by atoms with van der Waals surface area (Å²) >= 11 is 1.79. The molecule has 2 N–H and O–H groups in total. The minimum absolute atomic E-state index is 0.312. The topological polar surface area (TPSA) is 26.0 Å². The number of hydrogen-bond donors (Lipinski definition) is 1. The fourth-order valence-electron chi connectivity index (χ4n) is 2.03. The maximum Gasteiger partial charge on any atom is 0.0418 e. The molecule has 1 nitrogen and oxygen atoms in total. The predicted octanol–water partition coefficient (Wildman–Crippen LogP) is 2.94. The van der Waals surface area contributed by atoms with Gasteiger partial charge in [0.15, 0.2) is 0 Å². The quantitative estimate of drug-likeness (QED) is 0.746. The first kappa shape index (κ1) is 8.27. The van der Waals surface area contributed by atoms with Gasteiger partial charge in [-0.2, -0.15) is 0 Å². The van der Waals surface area contributed by atoms with Gasteiger partial charge in [0.25, 0.3) is 0 Å². The summed E-state index contributed by atoms with van der Waals surface area (Å²) in [5.41, 5.74) is 6.16. The van der Waals surface area contributed by atoms with Crippen molar-refractivity contribution in [2.24, 2.45) is 11.7 Å². The number of thiophene rings is 1. The van der Waals surface area contributed by atoms with Crippen molar-refractivity contribution >= 4 is 11.3 Å². The largest absolute Gasteiger partial charge is 0.323 e. The van der Waals surface area contributed by atoms with E-state index in [1.807, 2.05) is 0 Å². The highest BCUT2D eigenvalue weighted by molar-refractivity contribution is 7.10. The molecule has 0 bridgehead atoms. The summed E-state index contributed by atoms with van der Waals surface area (Å²) in [6.45, 7) is 0. The van der Waals surface area contributed by atoms with Crippen LogP contribution in [0.2, 0.25) is 0 Å². The number of nitrogens with two attached hydrogens (primary N) is 1. The van der Waals surface area contributed by atoms with Gasteiger partial charge >= 0.3 is 0 Å². The number of rotatable bonds is 2. The van der Waals surface area contributed by atoms with Gasteiger partial charge in [0.05, 0.1) is 0 Å². The SMILES string of the molecule is NC(c1cccs1)C1CCCC1. The van der Waals surface area contributed by atoms with Crippen molar-refractivity contribution in [3.63, 3.8) is 0 Å². The molecule has 1 aliphatic rings. The zero-order valence-corrected chi connectivity index (χ0v) is 8.02. The second-order valence-electron chi connectivity index (χ2n) is 3.59. The van der Waals surface area contributed by atoms with Crippen LogP contribution in [0, 0.1) is 5.92 Å². The van der Waals surface area contributed by atoms with Gasteiger partial charge in [-0.1, -0.05) is 18.9 Å². The zero-order chi connectivity index (χ0) is 8.39. The third-order valence-corrected chi connectivity index (χ3v) is 3.75. The van der Waals surface area contributed by atoms with Crippen LogP contribution in [0.5, 0.6) is 0 Å². The average molecular weight is 181 g/mol. The molecule has 12 heavy (non-hydrogen) atoms. The Morgan fingerprint density at radius 1 is 1.42 bits per heavy atom. The van der Waals surface area contributed by atoms with E-state index in [1.54, 1.807) is 11.3 Å². The monoisotopic (exact) mass is 181 g/mol. The van der Waals surface area contributed by atoms with Crippen molar-refractivity contribution in [3.8, 4) is 0 Å². The van der Waals surface area contributed by atoms with Crippen molar-refractivity contribution in [1.82, 2.24) is 0 Å². The van der Waals surface area contributed by atoms with Crippen LogP contribution >= 0.6 is 11.3 Å². The molecule has 1 unspecified atom stereocenters. The highest BCUT2D eigenvalue weighted by Gasteiger charge is 2.23. The van der Waals surface area contributed by atoms with E-state index in [0.717, 1.165) is 5.92 Å². The first-order valence-corrected chi connectivity index (χ1v) is 5.55. The van der Waals surface area contributed by atoms with Gasteiger partial charge in [0.2, 0.25) is 0 Å². The van der Waals surface area contributed by atoms with E-state index >= 15 is 0 Å². The molecule has 1 fully saturated rings. The minimum Gasteiger partial charge on any atom is -0.323 e. The van der Waals surface area contributed by atoms with E-state index in [9.17, 15) is 0 Å². The summed E-state index contributed by atoms with van der Waals surface area (Å²) in [5, 5.41) is 2.12. The maximum absolute atomic E-state index is 6.16. The molecule has 0 saturated heterocycles. The van der Waals surface area contributed by atoms with Crippen LogP contribution in [0.1, 0.15) is 36.6 Å². The van der Waals surface area contributed by atoms with E-state index in [2.05, 4.69) is 17.5 Å². The Balaban J connectivity index is 2.04. The van der Waals surface area contributed by atoms with Crippen molar-refractivity contribution in [2.45, 2.75) is 31.7 Å². The minimum atomic E-state index is 0.312. The van der Waals surface area contributed by atoms with Gasteiger partial charge in [-0.05, 0) is 30.2 Å². The Labute approximate surface area is 77.6 Å². The molecule has 1 aromatic heterocycles. The fraction of sp³-hybridized carbons (Fsp3) is 0.600. The van der Waals surface area contributed by atoms with Gasteiger partial charge < -0.3 is 5.73 Å². The molecular weight excluding hydrogens is 166 g/mol. The van der Waals surface area contributed by atoms with E-state index in [0.29, 0.717) is 6.04 Å². The molecule has 1 aliphatic carbocycles. The molecule has 66 valence electrons. The molecule has 1 atom stereocenters.